The molecule has 0 aliphatic heterocycles. The Morgan fingerprint density at radius 2 is 1.63 bits per heavy atom. The Morgan fingerprint density at radius 3 is 2.26 bits per heavy atom. The molecular formula is C31H48O4. The van der Waals surface area contributed by atoms with Crippen molar-refractivity contribution in [1.82, 2.24) is 0 Å². The van der Waals surface area contributed by atoms with Crippen LogP contribution in [0.15, 0.2) is 11.6 Å². The SMILES string of the molecule is C/C(=C/CC[C@@H](C)[C@H]1CC[C@@]2(C)[C@@H]3CC[C@@H](C4(C)CC4)[C@@]4(CCC(=O)O)C[C@@]34CC[C@]12C)C(=O)O. The fourth-order valence-electron chi connectivity index (χ4n) is 11.0. The van der Waals surface area contributed by atoms with Crippen LogP contribution in [-0.2, 0) is 9.59 Å². The van der Waals surface area contributed by atoms with Crippen molar-refractivity contribution >= 4 is 11.9 Å². The van der Waals surface area contributed by atoms with Crippen molar-refractivity contribution in [2.75, 3.05) is 0 Å². The summed E-state index contributed by atoms with van der Waals surface area (Å²) in [7, 11) is 0. The van der Waals surface area contributed by atoms with Crippen LogP contribution in [0.1, 0.15) is 118 Å². The van der Waals surface area contributed by atoms with E-state index in [1.165, 1.54) is 57.8 Å². The molecule has 196 valence electrons. The second-order valence-electron chi connectivity index (χ2n) is 14.4. The van der Waals surface area contributed by atoms with E-state index in [4.69, 9.17) is 0 Å². The van der Waals surface area contributed by atoms with E-state index in [1.807, 2.05) is 6.08 Å². The van der Waals surface area contributed by atoms with Gasteiger partial charge in [0.2, 0.25) is 0 Å². The number of allylic oxidation sites excluding steroid dienone is 1. The van der Waals surface area contributed by atoms with Gasteiger partial charge in [-0.15, -0.1) is 0 Å². The molecule has 5 rings (SSSR count). The zero-order chi connectivity index (χ0) is 25.4. The van der Waals surface area contributed by atoms with Crippen LogP contribution in [0, 0.1) is 50.7 Å². The molecule has 0 bridgehead atoms. The van der Waals surface area contributed by atoms with Gasteiger partial charge in [-0.3, -0.25) is 4.79 Å². The maximum Gasteiger partial charge on any atom is 0.330 e. The van der Waals surface area contributed by atoms with E-state index >= 15 is 0 Å². The zero-order valence-electron chi connectivity index (χ0n) is 22.8. The predicted octanol–water partition coefficient (Wildman–Crippen LogP) is 7.72. The number of hydrogen-bond donors (Lipinski definition) is 2. The highest BCUT2D eigenvalue weighted by Gasteiger charge is 2.81. The Kier molecular flexibility index (Phi) is 5.85. The highest BCUT2D eigenvalue weighted by atomic mass is 16.4. The molecule has 5 aliphatic rings. The number of fused-ring (bicyclic) bond motifs is 2. The molecule has 0 aromatic rings. The molecule has 5 saturated carbocycles. The highest BCUT2D eigenvalue weighted by Crippen LogP contribution is 2.89. The third kappa shape index (κ3) is 3.51. The summed E-state index contributed by atoms with van der Waals surface area (Å²) in [5.41, 5.74) is 2.30. The summed E-state index contributed by atoms with van der Waals surface area (Å²) in [4.78, 5) is 22.9. The fourth-order valence-corrected chi connectivity index (χ4v) is 11.0. The first-order valence-corrected chi connectivity index (χ1v) is 14.5. The van der Waals surface area contributed by atoms with Gasteiger partial charge in [-0.2, -0.15) is 0 Å². The molecule has 5 aliphatic carbocycles. The van der Waals surface area contributed by atoms with Crippen LogP contribution in [0.25, 0.3) is 0 Å². The van der Waals surface area contributed by atoms with Crippen LogP contribution in [0.3, 0.4) is 0 Å². The second-order valence-corrected chi connectivity index (χ2v) is 14.4. The smallest absolute Gasteiger partial charge is 0.330 e. The van der Waals surface area contributed by atoms with Crippen LogP contribution in [0.4, 0.5) is 0 Å². The minimum atomic E-state index is -0.804. The highest BCUT2D eigenvalue weighted by molar-refractivity contribution is 5.85. The monoisotopic (exact) mass is 484 g/mol. The molecule has 0 aromatic carbocycles. The normalized spacial score (nSPS) is 46.2. The van der Waals surface area contributed by atoms with E-state index in [0.717, 1.165) is 31.1 Å². The summed E-state index contributed by atoms with van der Waals surface area (Å²) in [6.07, 6.45) is 16.9. The summed E-state index contributed by atoms with van der Waals surface area (Å²) in [6.45, 7) is 11.8. The van der Waals surface area contributed by atoms with Crippen molar-refractivity contribution in [1.29, 1.82) is 0 Å². The lowest BCUT2D eigenvalue weighted by atomic mass is 9.43. The number of carboxylic acid groups (broad SMARTS) is 2. The van der Waals surface area contributed by atoms with Crippen LogP contribution in [0.2, 0.25) is 0 Å². The van der Waals surface area contributed by atoms with Crippen LogP contribution in [-0.4, -0.2) is 22.2 Å². The Hall–Kier alpha value is -1.32. The van der Waals surface area contributed by atoms with Gasteiger partial charge in [0.05, 0.1) is 0 Å². The van der Waals surface area contributed by atoms with Gasteiger partial charge in [-0.1, -0.05) is 33.8 Å². The molecule has 0 saturated heterocycles. The van der Waals surface area contributed by atoms with Gasteiger partial charge in [0.15, 0.2) is 0 Å². The first-order valence-electron chi connectivity index (χ1n) is 14.5. The first-order chi connectivity index (χ1) is 16.4. The van der Waals surface area contributed by atoms with Crippen LogP contribution >= 0.6 is 0 Å². The number of aliphatic carboxylic acids is 2. The van der Waals surface area contributed by atoms with Crippen molar-refractivity contribution in [3.05, 3.63) is 11.6 Å². The lowest BCUT2D eigenvalue weighted by molar-refractivity contribution is -0.141. The number of hydrogen-bond acceptors (Lipinski definition) is 2. The maximum absolute atomic E-state index is 11.7. The van der Waals surface area contributed by atoms with E-state index in [0.29, 0.717) is 45.5 Å². The molecule has 35 heavy (non-hydrogen) atoms. The number of carbonyl (C=O) groups is 2. The van der Waals surface area contributed by atoms with E-state index in [-0.39, 0.29) is 5.41 Å². The average molecular weight is 485 g/mol. The van der Waals surface area contributed by atoms with Gasteiger partial charge in [0.1, 0.15) is 0 Å². The topological polar surface area (TPSA) is 74.6 Å². The van der Waals surface area contributed by atoms with Crippen molar-refractivity contribution in [2.45, 2.75) is 118 Å². The minimum absolute atomic E-state index is 0.284. The van der Waals surface area contributed by atoms with Gasteiger partial charge in [-0.25, -0.2) is 4.79 Å². The standard InChI is InChI=1S/C31H48O4/c1-20(7-6-8-21(2)26(34)35)22-11-13-29(5)24-10-9-23(27(3)15-16-27)30(14-12-25(32)33)19-31(24,30)18-17-28(22,29)4/h8,20,22-24H,6-7,9-19H2,1-5H3,(H,32,33)(H,34,35)/b21-8-/t20-,22-,23+,24+,28-,29+,30-,31+/m1/s1. The predicted molar refractivity (Wildman–Crippen MR) is 138 cm³/mol. The molecular weight excluding hydrogens is 436 g/mol. The van der Waals surface area contributed by atoms with E-state index in [9.17, 15) is 19.8 Å². The third-order valence-corrected chi connectivity index (χ3v) is 13.3. The summed E-state index contributed by atoms with van der Waals surface area (Å²) in [5, 5.41) is 18.8. The molecule has 5 fully saturated rings. The fraction of sp³-hybridized carbons (Fsp3) is 0.871. The van der Waals surface area contributed by atoms with Crippen molar-refractivity contribution in [3.63, 3.8) is 0 Å². The zero-order valence-corrected chi connectivity index (χ0v) is 22.8. The molecule has 2 N–H and O–H groups in total. The summed E-state index contributed by atoms with van der Waals surface area (Å²) < 4.78 is 0. The maximum atomic E-state index is 11.7. The second kappa shape index (κ2) is 8.09. The van der Waals surface area contributed by atoms with Crippen LogP contribution < -0.4 is 0 Å². The number of rotatable bonds is 9. The number of carboxylic acids is 2. The summed E-state index contributed by atoms with van der Waals surface area (Å²) in [5.74, 6) is 1.37. The van der Waals surface area contributed by atoms with Gasteiger partial charge in [0.25, 0.3) is 0 Å². The summed E-state index contributed by atoms with van der Waals surface area (Å²) in [6, 6.07) is 0. The van der Waals surface area contributed by atoms with Crippen LogP contribution in [0.5, 0.6) is 0 Å². The summed E-state index contributed by atoms with van der Waals surface area (Å²) >= 11 is 0. The van der Waals surface area contributed by atoms with Gasteiger partial charge >= 0.3 is 11.9 Å². The molecule has 0 radical (unpaired) electrons. The van der Waals surface area contributed by atoms with Crippen molar-refractivity contribution in [3.8, 4) is 0 Å². The molecule has 0 unspecified atom stereocenters. The molecule has 0 amide bonds. The molecule has 8 atom stereocenters. The Morgan fingerprint density at radius 1 is 0.943 bits per heavy atom. The Balaban J connectivity index is 1.38. The van der Waals surface area contributed by atoms with E-state index < -0.39 is 11.9 Å². The lowest BCUT2D eigenvalue weighted by Gasteiger charge is -2.61. The van der Waals surface area contributed by atoms with E-state index in [1.54, 1.807) is 6.92 Å². The third-order valence-electron chi connectivity index (χ3n) is 13.3. The van der Waals surface area contributed by atoms with Gasteiger partial charge < -0.3 is 10.2 Å². The van der Waals surface area contributed by atoms with Crippen molar-refractivity contribution in [2.24, 2.45) is 50.7 Å². The Bertz CT molecular complexity index is 932. The van der Waals surface area contributed by atoms with Crippen molar-refractivity contribution < 1.29 is 19.8 Å². The van der Waals surface area contributed by atoms with Gasteiger partial charge in [0, 0.05) is 12.0 Å². The Labute approximate surface area is 212 Å². The quantitative estimate of drug-likeness (QED) is 0.329. The molecule has 4 nitrogen and oxygen atoms in total. The molecule has 4 heteroatoms. The molecule has 0 heterocycles. The largest absolute Gasteiger partial charge is 0.481 e. The minimum Gasteiger partial charge on any atom is -0.481 e. The van der Waals surface area contributed by atoms with Gasteiger partial charge in [-0.05, 0) is 135 Å². The van der Waals surface area contributed by atoms with E-state index in [2.05, 4.69) is 27.7 Å². The lowest BCUT2D eigenvalue weighted by Crippen LogP contribution is -2.54. The molecule has 0 aromatic heterocycles. The first kappa shape index (κ1) is 25.3. The average Bonchev–Trinajstić information content (AvgIpc) is 3.67. The molecule has 1 spiro atoms.